The zero-order valence-electron chi connectivity index (χ0n) is 10.6. The van der Waals surface area contributed by atoms with Crippen LogP contribution in [0.3, 0.4) is 0 Å². The Hall–Kier alpha value is -1.89. The van der Waals surface area contributed by atoms with Gasteiger partial charge in [0.1, 0.15) is 0 Å². The first-order valence-electron chi connectivity index (χ1n) is 5.85. The van der Waals surface area contributed by atoms with Gasteiger partial charge < -0.3 is 0 Å². The average Bonchev–Trinajstić information content (AvgIpc) is 2.35. The second-order valence-corrected chi connectivity index (χ2v) is 3.83. The lowest BCUT2D eigenvalue weighted by atomic mass is 10.1. The number of nitrogens with zero attached hydrogens (tertiary/aromatic N) is 1. The Morgan fingerprint density at radius 1 is 0.938 bits per heavy atom. The Bertz CT molecular complexity index is 524. The van der Waals surface area contributed by atoms with Crippen LogP contribution in [0, 0.1) is 13.8 Å². The van der Waals surface area contributed by atoms with Crippen LogP contribution in [-0.4, -0.2) is 6.19 Å². The van der Waals surface area contributed by atoms with Gasteiger partial charge >= 0.3 is 0 Å². The van der Waals surface area contributed by atoms with Gasteiger partial charge in [-0.25, -0.2) is 0 Å². The van der Waals surface area contributed by atoms with Gasteiger partial charge in [-0.15, -0.1) is 0 Å². The zero-order chi connectivity index (χ0) is 12.3. The van der Waals surface area contributed by atoms with Gasteiger partial charge in [0.05, 0.1) is 7.06 Å². The lowest BCUT2D eigenvalue weighted by molar-refractivity contribution is 1.33. The molecule has 0 aromatic heterocycles. The summed E-state index contributed by atoms with van der Waals surface area (Å²) in [6.07, 6.45) is 0.308. The Labute approximate surface area is 97.9 Å². The van der Waals surface area contributed by atoms with Gasteiger partial charge in [-0.1, -0.05) is 48.5 Å². The first kappa shape index (κ1) is 9.34. The van der Waals surface area contributed by atoms with E-state index in [1.807, 2.05) is 62.4 Å². The van der Waals surface area contributed by atoms with Gasteiger partial charge in [0.25, 0.3) is 0 Å². The summed E-state index contributed by atoms with van der Waals surface area (Å²) in [5.41, 5.74) is 3.95. The molecule has 1 nitrogen and oxygen atoms in total. The summed E-state index contributed by atoms with van der Waals surface area (Å²) in [4.78, 5) is 4.41. The van der Waals surface area contributed by atoms with E-state index in [0.717, 1.165) is 22.4 Å². The van der Waals surface area contributed by atoms with Gasteiger partial charge in [-0.3, -0.25) is 4.99 Å². The lowest BCUT2D eigenvalue weighted by Gasteiger charge is -2.03. The molecule has 0 fully saturated rings. The maximum atomic E-state index is 7.99. The van der Waals surface area contributed by atoms with Crippen molar-refractivity contribution in [3.05, 3.63) is 65.2 Å². The average molecular weight is 210 g/mol. The fraction of sp³-hybridized carbons (Fsp3) is 0.133. The smallest absolute Gasteiger partial charge is 0.0847 e. The van der Waals surface area contributed by atoms with Crippen molar-refractivity contribution >= 4 is 11.9 Å². The molecule has 0 saturated heterocycles. The highest BCUT2D eigenvalue weighted by Gasteiger charge is 1.98. The molecule has 0 N–H and O–H groups in total. The first-order chi connectivity index (χ1) is 8.18. The summed E-state index contributed by atoms with van der Waals surface area (Å²) < 4.78 is 7.99. The van der Waals surface area contributed by atoms with Crippen molar-refractivity contribution in [2.45, 2.75) is 13.8 Å². The molecule has 1 heteroatoms. The number of rotatable bonds is 2. The van der Waals surface area contributed by atoms with Crippen molar-refractivity contribution in [1.82, 2.24) is 0 Å². The second kappa shape index (κ2) is 4.75. The van der Waals surface area contributed by atoms with Crippen molar-refractivity contribution in [3.63, 3.8) is 0 Å². The predicted molar refractivity (Wildman–Crippen MR) is 69.6 cm³/mol. The number of hydrogen-bond donors (Lipinski definition) is 0. The molecule has 0 bridgehead atoms. The molecular formula is C15H15N. The van der Waals surface area contributed by atoms with Crippen LogP contribution < -0.4 is 0 Å². The van der Waals surface area contributed by atoms with Crippen molar-refractivity contribution in [2.75, 3.05) is 0 Å². The highest BCUT2D eigenvalue weighted by atomic mass is 14.7. The van der Waals surface area contributed by atoms with E-state index < -0.39 is 0 Å². The normalized spacial score (nSPS) is 12.4. The minimum absolute atomic E-state index is 0.308. The molecule has 2 aromatic carbocycles. The van der Waals surface area contributed by atoms with Crippen LogP contribution in [0.25, 0.3) is 0 Å². The number of benzene rings is 2. The molecule has 2 rings (SSSR count). The summed E-state index contributed by atoms with van der Waals surface area (Å²) in [6.45, 7) is 4.04. The van der Waals surface area contributed by atoms with Gasteiger partial charge in [0.15, 0.2) is 0 Å². The number of hydrogen-bond acceptors (Lipinski definition) is 1. The summed E-state index contributed by atoms with van der Waals surface area (Å²) in [6, 6.07) is 15.6. The van der Waals surface area contributed by atoms with E-state index >= 15 is 0 Å². The van der Waals surface area contributed by atoms with E-state index in [4.69, 9.17) is 1.37 Å². The predicted octanol–water partition coefficient (Wildman–Crippen LogP) is 4.05. The fourth-order valence-corrected chi connectivity index (χ4v) is 1.62. The van der Waals surface area contributed by atoms with E-state index in [2.05, 4.69) is 4.99 Å². The first-order valence-corrected chi connectivity index (χ1v) is 5.35. The maximum absolute atomic E-state index is 7.99. The SMILES string of the molecule is [2H]C(=Nc1c(C)cccc1C)c1ccccc1. The quantitative estimate of drug-likeness (QED) is 0.663. The third kappa shape index (κ3) is 2.37. The van der Waals surface area contributed by atoms with Crippen LogP contribution in [0.1, 0.15) is 18.1 Å². The van der Waals surface area contributed by atoms with Gasteiger partial charge in [-0.2, -0.15) is 0 Å². The second-order valence-electron chi connectivity index (χ2n) is 3.83. The lowest BCUT2D eigenvalue weighted by Crippen LogP contribution is -1.82. The molecule has 0 amide bonds. The van der Waals surface area contributed by atoms with E-state index in [0.29, 0.717) is 6.19 Å². The molecule has 0 aliphatic rings. The van der Waals surface area contributed by atoms with Crippen LogP contribution in [0.5, 0.6) is 0 Å². The molecule has 0 aliphatic carbocycles. The molecule has 80 valence electrons. The van der Waals surface area contributed by atoms with E-state index in [-0.39, 0.29) is 0 Å². The van der Waals surface area contributed by atoms with Gasteiger partial charge in [-0.05, 0) is 30.5 Å². The van der Waals surface area contributed by atoms with Crippen LogP contribution in [0.4, 0.5) is 5.69 Å². The Morgan fingerprint density at radius 3 is 2.19 bits per heavy atom. The van der Waals surface area contributed by atoms with Crippen LogP contribution in [-0.2, 0) is 0 Å². The van der Waals surface area contributed by atoms with Gasteiger partial charge in [0.2, 0.25) is 0 Å². The topological polar surface area (TPSA) is 12.4 Å². The van der Waals surface area contributed by atoms with E-state index in [9.17, 15) is 0 Å². The fourth-order valence-electron chi connectivity index (χ4n) is 1.62. The van der Waals surface area contributed by atoms with Crippen molar-refractivity contribution in [1.29, 1.82) is 0 Å². The Morgan fingerprint density at radius 2 is 1.56 bits per heavy atom. The van der Waals surface area contributed by atoms with E-state index in [1.165, 1.54) is 0 Å². The number of aliphatic imine (C=N–C) groups is 1. The minimum atomic E-state index is 0.308. The highest BCUT2D eigenvalue weighted by Crippen LogP contribution is 2.22. The molecule has 0 saturated carbocycles. The molecule has 0 atom stereocenters. The summed E-state index contributed by atoms with van der Waals surface area (Å²) in [5, 5.41) is 0. The molecular weight excluding hydrogens is 194 g/mol. The third-order valence-corrected chi connectivity index (χ3v) is 2.51. The Balaban J connectivity index is 2.43. The molecule has 2 aromatic rings. The summed E-state index contributed by atoms with van der Waals surface area (Å²) in [5.74, 6) is 0. The molecule has 0 heterocycles. The maximum Gasteiger partial charge on any atom is 0.0847 e. The monoisotopic (exact) mass is 210 g/mol. The van der Waals surface area contributed by atoms with Crippen molar-refractivity contribution in [2.24, 2.45) is 4.99 Å². The van der Waals surface area contributed by atoms with Crippen molar-refractivity contribution < 1.29 is 1.37 Å². The zero-order valence-corrected chi connectivity index (χ0v) is 9.57. The van der Waals surface area contributed by atoms with E-state index in [1.54, 1.807) is 0 Å². The van der Waals surface area contributed by atoms with Crippen molar-refractivity contribution in [3.8, 4) is 0 Å². The largest absolute Gasteiger partial charge is 0.256 e. The third-order valence-electron chi connectivity index (χ3n) is 2.51. The van der Waals surface area contributed by atoms with Crippen LogP contribution >= 0.6 is 0 Å². The number of aryl methyl sites for hydroxylation is 2. The summed E-state index contributed by atoms with van der Waals surface area (Å²) >= 11 is 0. The molecule has 0 radical (unpaired) electrons. The molecule has 0 unspecified atom stereocenters. The standard InChI is InChI=1S/C15H15N/c1-12-7-6-8-13(2)15(12)16-11-14-9-4-3-5-10-14/h3-11H,1-2H3/i11D. The minimum Gasteiger partial charge on any atom is -0.256 e. The highest BCUT2D eigenvalue weighted by molar-refractivity contribution is 5.82. The molecule has 16 heavy (non-hydrogen) atoms. The number of para-hydroxylation sites is 1. The van der Waals surface area contributed by atoms with Crippen LogP contribution in [0.2, 0.25) is 0 Å². The molecule has 0 spiro atoms. The van der Waals surface area contributed by atoms with Crippen LogP contribution in [0.15, 0.2) is 53.5 Å². The molecule has 0 aliphatic heterocycles. The summed E-state index contributed by atoms with van der Waals surface area (Å²) in [7, 11) is 0. The van der Waals surface area contributed by atoms with Gasteiger partial charge in [0, 0.05) is 6.19 Å². The Kier molecular flexibility index (Phi) is 2.78.